The molecule has 0 bridgehead atoms. The van der Waals surface area contributed by atoms with Crippen LogP contribution in [-0.2, 0) is 11.2 Å². The third-order valence-corrected chi connectivity index (χ3v) is 5.47. The van der Waals surface area contributed by atoms with Gasteiger partial charge < -0.3 is 10.1 Å². The van der Waals surface area contributed by atoms with Crippen LogP contribution in [0.1, 0.15) is 34.7 Å². The number of nitro groups is 1. The van der Waals surface area contributed by atoms with Gasteiger partial charge in [-0.1, -0.05) is 47.0 Å². The lowest BCUT2D eigenvalue weighted by Crippen LogP contribution is -2.13. The number of aryl methyl sites for hydroxylation is 2. The number of benzene rings is 3. The Morgan fingerprint density at radius 2 is 1.89 bits per heavy atom. The number of hydrogen-bond acceptors (Lipinski definition) is 5. The Hall–Kier alpha value is -4.15. The largest absolute Gasteiger partial charge is 0.494 e. The SMILES string of the molecule is CCOc1cc(/C=C(\C#N)C(=O)Nc2cccc([N+](=O)[O-])c2)cc(Cl)c1Cc1cc(C)cc(C)c1. The van der Waals surface area contributed by atoms with E-state index in [-0.39, 0.29) is 16.9 Å². The van der Waals surface area contributed by atoms with Gasteiger partial charge in [0, 0.05) is 34.8 Å². The lowest BCUT2D eigenvalue weighted by molar-refractivity contribution is -0.384. The zero-order valence-corrected chi connectivity index (χ0v) is 20.3. The van der Waals surface area contributed by atoms with Crippen molar-refractivity contribution in [3.05, 3.63) is 103 Å². The van der Waals surface area contributed by atoms with Crippen LogP contribution in [-0.4, -0.2) is 17.4 Å². The summed E-state index contributed by atoms with van der Waals surface area (Å²) in [6, 6.07) is 17.1. The highest BCUT2D eigenvalue weighted by Gasteiger charge is 2.15. The number of halogens is 1. The zero-order valence-electron chi connectivity index (χ0n) is 19.6. The van der Waals surface area contributed by atoms with Gasteiger partial charge in [0.15, 0.2) is 0 Å². The topological polar surface area (TPSA) is 105 Å². The van der Waals surface area contributed by atoms with Gasteiger partial charge in [0.05, 0.1) is 11.5 Å². The van der Waals surface area contributed by atoms with Crippen molar-refractivity contribution in [1.29, 1.82) is 5.26 Å². The van der Waals surface area contributed by atoms with E-state index in [1.54, 1.807) is 12.1 Å². The number of nitriles is 1. The third-order valence-electron chi connectivity index (χ3n) is 5.13. The quantitative estimate of drug-likeness (QED) is 0.170. The second-order valence-electron chi connectivity index (χ2n) is 8.02. The lowest BCUT2D eigenvalue weighted by atomic mass is 9.98. The van der Waals surface area contributed by atoms with Crippen LogP contribution in [0.5, 0.6) is 5.75 Å². The first-order valence-corrected chi connectivity index (χ1v) is 11.3. The number of hydrogen-bond donors (Lipinski definition) is 1. The fraction of sp³-hybridized carbons (Fsp3) is 0.185. The average Bonchev–Trinajstić information content (AvgIpc) is 2.79. The summed E-state index contributed by atoms with van der Waals surface area (Å²) < 4.78 is 5.84. The standard InChI is InChI=1S/C27H24ClN3O4/c1-4-35-26-14-20(13-25(28)24(26)12-19-9-17(2)8-18(3)10-19)11-21(16-29)27(32)30-22-6-5-7-23(15-22)31(33)34/h5-11,13-15H,4,12H2,1-3H3,(H,30,32)/b21-11+. The van der Waals surface area contributed by atoms with Crippen LogP contribution < -0.4 is 10.1 Å². The van der Waals surface area contributed by atoms with Crippen LogP contribution in [0.25, 0.3) is 6.08 Å². The molecule has 3 rings (SSSR count). The Morgan fingerprint density at radius 3 is 2.51 bits per heavy atom. The molecule has 0 aliphatic rings. The molecule has 0 unspecified atom stereocenters. The number of non-ortho nitro benzene ring substituents is 1. The van der Waals surface area contributed by atoms with Gasteiger partial charge in [-0.25, -0.2) is 0 Å². The van der Waals surface area contributed by atoms with Gasteiger partial charge in [-0.2, -0.15) is 5.26 Å². The number of anilines is 1. The van der Waals surface area contributed by atoms with Crippen LogP contribution in [0, 0.1) is 35.3 Å². The Bertz CT molecular complexity index is 1340. The van der Waals surface area contributed by atoms with Crippen LogP contribution >= 0.6 is 11.6 Å². The molecule has 35 heavy (non-hydrogen) atoms. The molecule has 3 aromatic carbocycles. The molecule has 0 radical (unpaired) electrons. The molecule has 0 aliphatic heterocycles. The van der Waals surface area contributed by atoms with Gasteiger partial charge in [-0.15, -0.1) is 0 Å². The van der Waals surface area contributed by atoms with Crippen molar-refractivity contribution in [2.75, 3.05) is 11.9 Å². The summed E-state index contributed by atoms with van der Waals surface area (Å²) in [6.07, 6.45) is 1.97. The fourth-order valence-electron chi connectivity index (χ4n) is 3.76. The summed E-state index contributed by atoms with van der Waals surface area (Å²) in [7, 11) is 0. The van der Waals surface area contributed by atoms with Gasteiger partial charge in [0.1, 0.15) is 17.4 Å². The number of nitro benzene ring substituents is 1. The summed E-state index contributed by atoms with van der Waals surface area (Å²) in [4.78, 5) is 23.1. The van der Waals surface area contributed by atoms with E-state index in [0.29, 0.717) is 29.4 Å². The van der Waals surface area contributed by atoms with Crippen LogP contribution in [0.3, 0.4) is 0 Å². The Labute approximate surface area is 208 Å². The van der Waals surface area contributed by atoms with Crippen molar-refractivity contribution in [2.24, 2.45) is 0 Å². The first-order valence-electron chi connectivity index (χ1n) is 10.9. The molecule has 0 spiro atoms. The van der Waals surface area contributed by atoms with E-state index < -0.39 is 10.8 Å². The van der Waals surface area contributed by atoms with Crippen LogP contribution in [0.2, 0.25) is 5.02 Å². The maximum atomic E-state index is 12.7. The fourth-order valence-corrected chi connectivity index (χ4v) is 4.04. The molecule has 0 fully saturated rings. The van der Waals surface area contributed by atoms with E-state index in [4.69, 9.17) is 16.3 Å². The molecule has 7 nitrogen and oxygen atoms in total. The number of nitrogens with zero attached hydrogens (tertiary/aromatic N) is 2. The lowest BCUT2D eigenvalue weighted by Gasteiger charge is -2.14. The number of amides is 1. The molecular formula is C27H24ClN3O4. The van der Waals surface area contributed by atoms with Gasteiger partial charge in [0.2, 0.25) is 0 Å². The van der Waals surface area contributed by atoms with E-state index in [1.165, 1.54) is 30.3 Å². The maximum absolute atomic E-state index is 12.7. The number of nitrogens with one attached hydrogen (secondary N) is 1. The molecule has 0 aromatic heterocycles. The highest BCUT2D eigenvalue weighted by atomic mass is 35.5. The third kappa shape index (κ3) is 6.69. The zero-order chi connectivity index (χ0) is 25.5. The van der Waals surface area contributed by atoms with E-state index in [9.17, 15) is 20.2 Å². The minimum atomic E-state index is -0.693. The molecule has 178 valence electrons. The maximum Gasteiger partial charge on any atom is 0.271 e. The minimum Gasteiger partial charge on any atom is -0.494 e. The monoisotopic (exact) mass is 489 g/mol. The molecule has 8 heteroatoms. The van der Waals surface area contributed by atoms with Crippen molar-refractivity contribution in [3.8, 4) is 11.8 Å². The Kier molecular flexibility index (Phi) is 8.24. The molecule has 0 saturated carbocycles. The predicted molar refractivity (Wildman–Crippen MR) is 137 cm³/mol. The van der Waals surface area contributed by atoms with Crippen molar-refractivity contribution < 1.29 is 14.5 Å². The molecule has 3 aromatic rings. The second kappa shape index (κ2) is 11.3. The summed E-state index contributed by atoms with van der Waals surface area (Å²) in [5.74, 6) is -0.122. The van der Waals surface area contributed by atoms with Gasteiger partial charge in [0.25, 0.3) is 11.6 Å². The summed E-state index contributed by atoms with van der Waals surface area (Å²) >= 11 is 6.63. The summed E-state index contributed by atoms with van der Waals surface area (Å²) in [5.41, 5.74) is 4.60. The molecule has 0 aliphatic carbocycles. The predicted octanol–water partition coefficient (Wildman–Crippen LogP) is 6.40. The van der Waals surface area contributed by atoms with E-state index >= 15 is 0 Å². The number of carbonyl (C=O) groups is 1. The van der Waals surface area contributed by atoms with Crippen LogP contribution in [0.15, 0.2) is 60.2 Å². The van der Waals surface area contributed by atoms with E-state index in [0.717, 1.165) is 22.3 Å². The number of ether oxygens (including phenoxy) is 1. The first-order chi connectivity index (χ1) is 16.7. The normalized spacial score (nSPS) is 11.0. The number of rotatable bonds is 8. The van der Waals surface area contributed by atoms with Crippen LogP contribution in [0.4, 0.5) is 11.4 Å². The molecular weight excluding hydrogens is 466 g/mol. The van der Waals surface area contributed by atoms with Gasteiger partial charge >= 0.3 is 0 Å². The Balaban J connectivity index is 1.92. The second-order valence-corrected chi connectivity index (χ2v) is 8.42. The molecule has 1 amide bonds. The molecule has 0 saturated heterocycles. The smallest absolute Gasteiger partial charge is 0.271 e. The van der Waals surface area contributed by atoms with E-state index in [2.05, 4.69) is 23.5 Å². The average molecular weight is 490 g/mol. The highest BCUT2D eigenvalue weighted by Crippen LogP contribution is 2.32. The molecule has 1 N–H and O–H groups in total. The summed E-state index contributed by atoms with van der Waals surface area (Å²) in [6.45, 7) is 6.36. The molecule has 0 heterocycles. The Morgan fingerprint density at radius 1 is 1.17 bits per heavy atom. The van der Waals surface area contributed by atoms with Crippen molar-refractivity contribution >= 4 is 35.0 Å². The van der Waals surface area contributed by atoms with Gasteiger partial charge in [-0.05, 0) is 56.2 Å². The first kappa shape index (κ1) is 25.5. The van der Waals surface area contributed by atoms with E-state index in [1.807, 2.05) is 26.8 Å². The molecule has 0 atom stereocenters. The summed E-state index contributed by atoms with van der Waals surface area (Å²) in [5, 5.41) is 23.5. The van der Waals surface area contributed by atoms with Gasteiger partial charge in [-0.3, -0.25) is 14.9 Å². The number of carbonyl (C=O) groups excluding carboxylic acids is 1. The highest BCUT2D eigenvalue weighted by molar-refractivity contribution is 6.31. The van der Waals surface area contributed by atoms with Crippen molar-refractivity contribution in [1.82, 2.24) is 0 Å². The minimum absolute atomic E-state index is 0.169. The van der Waals surface area contributed by atoms with Crippen molar-refractivity contribution in [3.63, 3.8) is 0 Å². The van der Waals surface area contributed by atoms with Crippen molar-refractivity contribution in [2.45, 2.75) is 27.2 Å².